The Labute approximate surface area is 124 Å². The van der Waals surface area contributed by atoms with Crippen LogP contribution < -0.4 is 9.46 Å². The average Bonchev–Trinajstić information content (AvgIpc) is 2.40. The molecule has 0 bridgehead atoms. The van der Waals surface area contributed by atoms with Crippen molar-refractivity contribution in [3.8, 4) is 11.5 Å². The molecular formula is C15H17NO4S. The Morgan fingerprint density at radius 3 is 2.48 bits per heavy atom. The van der Waals surface area contributed by atoms with Crippen molar-refractivity contribution in [3.63, 3.8) is 0 Å². The van der Waals surface area contributed by atoms with Crippen LogP contribution >= 0.6 is 0 Å². The fraction of sp³-hybridized carbons (Fsp3) is 0.200. The molecule has 2 aromatic carbocycles. The number of phenols is 1. The first kappa shape index (κ1) is 15.2. The molecule has 5 nitrogen and oxygen atoms in total. The van der Waals surface area contributed by atoms with Crippen molar-refractivity contribution in [2.75, 3.05) is 4.72 Å². The maximum absolute atomic E-state index is 12.3. The highest BCUT2D eigenvalue weighted by molar-refractivity contribution is 7.92. The van der Waals surface area contributed by atoms with E-state index in [1.165, 1.54) is 24.3 Å². The van der Waals surface area contributed by atoms with Gasteiger partial charge >= 0.3 is 0 Å². The second kappa shape index (κ2) is 6.05. The van der Waals surface area contributed by atoms with Crippen molar-refractivity contribution in [2.24, 2.45) is 0 Å². The van der Waals surface area contributed by atoms with Gasteiger partial charge in [-0.3, -0.25) is 4.72 Å². The van der Waals surface area contributed by atoms with Crippen LogP contribution in [0.4, 0.5) is 5.69 Å². The number of sulfonamides is 1. The van der Waals surface area contributed by atoms with E-state index < -0.39 is 10.0 Å². The maximum atomic E-state index is 12.3. The van der Waals surface area contributed by atoms with Crippen LogP contribution in [0.5, 0.6) is 11.5 Å². The van der Waals surface area contributed by atoms with Gasteiger partial charge in [0, 0.05) is 6.07 Å². The number of benzene rings is 2. The van der Waals surface area contributed by atoms with Crippen molar-refractivity contribution in [1.29, 1.82) is 0 Å². The molecule has 0 aliphatic rings. The highest BCUT2D eigenvalue weighted by Gasteiger charge is 2.17. The molecule has 0 heterocycles. The molecule has 0 aliphatic heterocycles. The van der Waals surface area contributed by atoms with Gasteiger partial charge in [0.25, 0.3) is 10.0 Å². The van der Waals surface area contributed by atoms with Crippen LogP contribution in [0.15, 0.2) is 53.4 Å². The molecule has 2 rings (SSSR count). The van der Waals surface area contributed by atoms with E-state index in [1.807, 2.05) is 13.8 Å². The molecule has 0 spiro atoms. The summed E-state index contributed by atoms with van der Waals surface area (Å²) >= 11 is 0. The fourth-order valence-electron chi connectivity index (χ4n) is 1.76. The van der Waals surface area contributed by atoms with Crippen molar-refractivity contribution in [3.05, 3.63) is 48.5 Å². The number of rotatable bonds is 5. The van der Waals surface area contributed by atoms with Crippen LogP contribution in [0.3, 0.4) is 0 Å². The second-order valence-corrected chi connectivity index (χ2v) is 6.45. The van der Waals surface area contributed by atoms with Gasteiger partial charge in [-0.1, -0.05) is 18.2 Å². The second-order valence-electron chi connectivity index (χ2n) is 4.77. The zero-order valence-electron chi connectivity index (χ0n) is 11.8. The van der Waals surface area contributed by atoms with Gasteiger partial charge in [0.15, 0.2) is 0 Å². The monoisotopic (exact) mass is 307 g/mol. The van der Waals surface area contributed by atoms with Crippen LogP contribution in [0, 0.1) is 0 Å². The maximum Gasteiger partial charge on any atom is 0.262 e. The minimum atomic E-state index is -3.78. The molecular weight excluding hydrogens is 290 g/mol. The van der Waals surface area contributed by atoms with Crippen molar-refractivity contribution >= 4 is 15.7 Å². The van der Waals surface area contributed by atoms with E-state index in [-0.39, 0.29) is 16.7 Å². The van der Waals surface area contributed by atoms with Crippen LogP contribution in [-0.4, -0.2) is 19.6 Å². The van der Waals surface area contributed by atoms with Crippen molar-refractivity contribution in [1.82, 2.24) is 0 Å². The molecule has 0 aromatic heterocycles. The third-order valence-corrected chi connectivity index (χ3v) is 3.99. The molecule has 112 valence electrons. The summed E-state index contributed by atoms with van der Waals surface area (Å²) in [5.41, 5.74) is 0.356. The van der Waals surface area contributed by atoms with Crippen LogP contribution in [0.1, 0.15) is 13.8 Å². The van der Waals surface area contributed by atoms with Crippen LogP contribution in [0.25, 0.3) is 0 Å². The first-order valence-corrected chi connectivity index (χ1v) is 7.94. The zero-order valence-corrected chi connectivity index (χ0v) is 12.6. The van der Waals surface area contributed by atoms with Gasteiger partial charge in [-0.05, 0) is 38.1 Å². The van der Waals surface area contributed by atoms with Crippen LogP contribution in [-0.2, 0) is 10.0 Å². The molecule has 0 unspecified atom stereocenters. The fourth-order valence-corrected chi connectivity index (χ4v) is 2.87. The minimum Gasteiger partial charge on any atom is -0.508 e. The van der Waals surface area contributed by atoms with E-state index in [0.29, 0.717) is 11.4 Å². The topological polar surface area (TPSA) is 75.6 Å². The summed E-state index contributed by atoms with van der Waals surface area (Å²) in [4.78, 5) is -0.0122. The molecule has 0 atom stereocenters. The number of ether oxygens (including phenoxy) is 1. The molecule has 0 amide bonds. The van der Waals surface area contributed by atoms with E-state index in [9.17, 15) is 13.5 Å². The number of para-hydroxylation sites is 2. The Balaban J connectivity index is 2.33. The normalized spacial score (nSPS) is 11.4. The summed E-state index contributed by atoms with van der Waals surface area (Å²) in [7, 11) is -3.78. The Kier molecular flexibility index (Phi) is 4.37. The lowest BCUT2D eigenvalue weighted by Crippen LogP contribution is -2.15. The number of nitrogens with one attached hydrogen (secondary N) is 1. The van der Waals surface area contributed by atoms with Crippen molar-refractivity contribution in [2.45, 2.75) is 24.8 Å². The standard InChI is InChI=1S/C15H17NO4S/c1-11(2)20-15-9-4-3-8-14(15)16-21(18,19)13-7-5-6-12(17)10-13/h3-11,16-17H,1-2H3. The number of aromatic hydroxyl groups is 1. The molecule has 0 radical (unpaired) electrons. The molecule has 0 fully saturated rings. The smallest absolute Gasteiger partial charge is 0.262 e. The summed E-state index contributed by atoms with van der Waals surface area (Å²) in [6, 6.07) is 12.3. The van der Waals surface area contributed by atoms with E-state index in [4.69, 9.17) is 4.74 Å². The molecule has 2 N–H and O–H groups in total. The van der Waals surface area contributed by atoms with E-state index >= 15 is 0 Å². The highest BCUT2D eigenvalue weighted by Crippen LogP contribution is 2.28. The van der Waals surface area contributed by atoms with Gasteiger partial charge in [0.2, 0.25) is 0 Å². The number of phenolic OH excluding ortho intramolecular Hbond substituents is 1. The van der Waals surface area contributed by atoms with Gasteiger partial charge in [-0.25, -0.2) is 8.42 Å². The SMILES string of the molecule is CC(C)Oc1ccccc1NS(=O)(=O)c1cccc(O)c1. The number of anilines is 1. The van der Waals surface area contributed by atoms with Gasteiger partial charge in [0.05, 0.1) is 16.7 Å². The Hall–Kier alpha value is -2.21. The lowest BCUT2D eigenvalue weighted by Gasteiger charge is -2.15. The predicted molar refractivity (Wildman–Crippen MR) is 81.1 cm³/mol. The Bertz CT molecular complexity index is 726. The minimum absolute atomic E-state index is 0.0122. The Morgan fingerprint density at radius 2 is 1.81 bits per heavy atom. The zero-order chi connectivity index (χ0) is 15.5. The molecule has 21 heavy (non-hydrogen) atoms. The molecule has 2 aromatic rings. The molecule has 0 saturated heterocycles. The van der Waals surface area contributed by atoms with Gasteiger partial charge in [-0.15, -0.1) is 0 Å². The molecule has 6 heteroatoms. The third kappa shape index (κ3) is 3.88. The summed E-state index contributed by atoms with van der Waals surface area (Å²) in [5.74, 6) is 0.348. The van der Waals surface area contributed by atoms with Gasteiger partial charge < -0.3 is 9.84 Å². The molecule has 0 aliphatic carbocycles. The third-order valence-electron chi connectivity index (χ3n) is 2.62. The summed E-state index contributed by atoms with van der Waals surface area (Å²) < 4.78 is 32.7. The largest absolute Gasteiger partial charge is 0.508 e. The summed E-state index contributed by atoms with van der Waals surface area (Å²) in [6.45, 7) is 3.72. The molecule has 0 saturated carbocycles. The van der Waals surface area contributed by atoms with Gasteiger partial charge in [0.1, 0.15) is 11.5 Å². The number of hydrogen-bond donors (Lipinski definition) is 2. The summed E-state index contributed by atoms with van der Waals surface area (Å²) in [5, 5.41) is 9.40. The van der Waals surface area contributed by atoms with Crippen molar-refractivity contribution < 1.29 is 18.3 Å². The van der Waals surface area contributed by atoms with E-state index in [0.717, 1.165) is 0 Å². The Morgan fingerprint density at radius 1 is 1.10 bits per heavy atom. The first-order chi connectivity index (χ1) is 9.88. The first-order valence-electron chi connectivity index (χ1n) is 6.46. The van der Waals surface area contributed by atoms with E-state index in [2.05, 4.69) is 4.72 Å². The van der Waals surface area contributed by atoms with Gasteiger partial charge in [-0.2, -0.15) is 0 Å². The van der Waals surface area contributed by atoms with E-state index in [1.54, 1.807) is 24.3 Å². The number of hydrogen-bond acceptors (Lipinski definition) is 4. The predicted octanol–water partition coefficient (Wildman–Crippen LogP) is 2.98. The summed E-state index contributed by atoms with van der Waals surface area (Å²) in [6.07, 6.45) is -0.0728. The average molecular weight is 307 g/mol. The highest BCUT2D eigenvalue weighted by atomic mass is 32.2. The lowest BCUT2D eigenvalue weighted by molar-refractivity contribution is 0.244. The quantitative estimate of drug-likeness (QED) is 0.890. The lowest BCUT2D eigenvalue weighted by atomic mass is 10.3. The van der Waals surface area contributed by atoms with Crippen LogP contribution in [0.2, 0.25) is 0 Å².